The molecule has 0 bridgehead atoms. The molecule has 1 aromatic carbocycles. The fraction of sp³-hybridized carbons (Fsp3) is 0.286. The van der Waals surface area contributed by atoms with Gasteiger partial charge in [0.05, 0.1) is 0 Å². The summed E-state index contributed by atoms with van der Waals surface area (Å²) in [6.45, 7) is 15.7. The molecule has 0 heterocycles. The minimum absolute atomic E-state index is 1.14. The molecule has 0 aliphatic heterocycles. The topological polar surface area (TPSA) is 0 Å². The van der Waals surface area contributed by atoms with Gasteiger partial charge in [-0.1, -0.05) is 42.8 Å². The van der Waals surface area contributed by atoms with Gasteiger partial charge < -0.3 is 0 Å². The van der Waals surface area contributed by atoms with Gasteiger partial charge in [0.1, 0.15) is 0 Å². The number of hydrogen-bond donors (Lipinski definition) is 0. The van der Waals surface area contributed by atoms with E-state index < -0.39 is 0 Å². The highest BCUT2D eigenvalue weighted by molar-refractivity contribution is 5.13. The predicted molar refractivity (Wildman–Crippen MR) is 67.6 cm³/mol. The summed E-state index contributed by atoms with van der Waals surface area (Å²) in [7, 11) is 0. The van der Waals surface area contributed by atoms with Crippen LogP contribution in [-0.2, 0) is 6.42 Å². The molecule has 0 aliphatic rings. The zero-order valence-corrected chi connectivity index (χ0v) is 9.72. The summed E-state index contributed by atoms with van der Waals surface area (Å²) in [5, 5.41) is 0. The Balaban J connectivity index is 0. The Morgan fingerprint density at radius 2 is 1.43 bits per heavy atom. The van der Waals surface area contributed by atoms with Crippen LogP contribution in [0.4, 0.5) is 0 Å². The maximum Gasteiger partial charge on any atom is -0.0307 e. The number of benzene rings is 1. The fourth-order valence-electron chi connectivity index (χ4n) is 0.714. The molecule has 0 saturated heterocycles. The second kappa shape index (κ2) is 11.7. The van der Waals surface area contributed by atoms with E-state index in [1.165, 1.54) is 11.1 Å². The fourth-order valence-corrected chi connectivity index (χ4v) is 0.714. The largest absolute Gasteiger partial charge is 0.106 e. The Labute approximate surface area is 89.0 Å². The van der Waals surface area contributed by atoms with Crippen molar-refractivity contribution in [3.8, 4) is 0 Å². The van der Waals surface area contributed by atoms with Gasteiger partial charge in [0, 0.05) is 0 Å². The van der Waals surface area contributed by atoms with Gasteiger partial charge in [0.25, 0.3) is 0 Å². The summed E-state index contributed by atoms with van der Waals surface area (Å²) in [4.78, 5) is 0. The molecule has 0 nitrogen and oxygen atoms in total. The van der Waals surface area contributed by atoms with Gasteiger partial charge in [-0.2, -0.15) is 0 Å². The van der Waals surface area contributed by atoms with E-state index in [0.29, 0.717) is 0 Å². The summed E-state index contributed by atoms with van der Waals surface area (Å²) in [5.41, 5.74) is 2.58. The lowest BCUT2D eigenvalue weighted by Crippen LogP contribution is -1.73. The quantitative estimate of drug-likeness (QED) is 0.566. The van der Waals surface area contributed by atoms with Crippen LogP contribution in [0.15, 0.2) is 55.6 Å². The van der Waals surface area contributed by atoms with Crippen molar-refractivity contribution in [2.24, 2.45) is 0 Å². The molecule has 0 N–H and O–H groups in total. The van der Waals surface area contributed by atoms with Gasteiger partial charge in [0.2, 0.25) is 0 Å². The van der Waals surface area contributed by atoms with Gasteiger partial charge >= 0.3 is 0 Å². The molecule has 0 aliphatic carbocycles. The summed E-state index contributed by atoms with van der Waals surface area (Å²) in [6, 6.07) is 10.5. The lowest BCUT2D eigenvalue weighted by molar-refractivity contribution is 1.14. The summed E-state index contributed by atoms with van der Waals surface area (Å²) >= 11 is 0. The van der Waals surface area contributed by atoms with Crippen LogP contribution in [0.3, 0.4) is 0 Å². The van der Waals surface area contributed by atoms with E-state index in [4.69, 9.17) is 0 Å². The van der Waals surface area contributed by atoms with Gasteiger partial charge in [-0.3, -0.25) is 0 Å². The van der Waals surface area contributed by atoms with Crippen molar-refractivity contribution in [1.82, 2.24) is 0 Å². The van der Waals surface area contributed by atoms with E-state index in [2.05, 4.69) is 50.9 Å². The Kier molecular flexibility index (Phi) is 12.7. The highest BCUT2D eigenvalue weighted by atomic mass is 13.9. The molecule has 1 aromatic rings. The average Bonchev–Trinajstić information content (AvgIpc) is 2.21. The van der Waals surface area contributed by atoms with Crippen LogP contribution in [0.2, 0.25) is 0 Å². The summed E-state index contributed by atoms with van der Waals surface area (Å²) in [6.07, 6.45) is 1.14. The van der Waals surface area contributed by atoms with Crippen molar-refractivity contribution >= 4 is 0 Å². The molecule has 0 amide bonds. The highest BCUT2D eigenvalue weighted by Crippen LogP contribution is 1.96. The van der Waals surface area contributed by atoms with Crippen LogP contribution in [0.1, 0.15) is 26.3 Å². The number of rotatable bonds is 1. The van der Waals surface area contributed by atoms with Crippen LogP contribution in [0, 0.1) is 0 Å². The Bertz CT molecular complexity index is 217. The molecule has 14 heavy (non-hydrogen) atoms. The van der Waals surface area contributed by atoms with Crippen molar-refractivity contribution in [2.45, 2.75) is 27.2 Å². The lowest BCUT2D eigenvalue weighted by Gasteiger charge is -1.89. The van der Waals surface area contributed by atoms with Crippen molar-refractivity contribution < 1.29 is 0 Å². The number of allylic oxidation sites excluding steroid dienone is 1. The average molecular weight is 190 g/mol. The maximum absolute atomic E-state index is 3.56. The normalized spacial score (nSPS) is 7.36. The Hall–Kier alpha value is -1.30. The number of aryl methyl sites for hydroxylation is 1. The molecule has 0 saturated carbocycles. The summed E-state index contributed by atoms with van der Waals surface area (Å²) in [5.74, 6) is 0. The standard InChI is InChI=1S/C8H10.C4H8.C2H4/c1-2-8-6-4-3-5-7-8;1-4(2)3;1-2/h3-7H,2H2,1H3;1H2,2-3H3;1-2H2. The minimum Gasteiger partial charge on any atom is -0.106 e. The van der Waals surface area contributed by atoms with Crippen LogP contribution < -0.4 is 0 Å². The van der Waals surface area contributed by atoms with Crippen molar-refractivity contribution in [3.63, 3.8) is 0 Å². The monoisotopic (exact) mass is 190 g/mol. The molecule has 0 heteroatoms. The third-order valence-electron chi connectivity index (χ3n) is 1.25. The van der Waals surface area contributed by atoms with Crippen LogP contribution in [0.25, 0.3) is 0 Å². The van der Waals surface area contributed by atoms with E-state index in [1.807, 2.05) is 19.9 Å². The third kappa shape index (κ3) is 13.3. The molecule has 0 spiro atoms. The van der Waals surface area contributed by atoms with E-state index >= 15 is 0 Å². The molecule has 0 radical (unpaired) electrons. The molecule has 1 rings (SSSR count). The van der Waals surface area contributed by atoms with E-state index in [-0.39, 0.29) is 0 Å². The Morgan fingerprint density at radius 1 is 1.07 bits per heavy atom. The minimum atomic E-state index is 1.14. The predicted octanol–water partition coefficient (Wildman–Crippen LogP) is 4.63. The van der Waals surface area contributed by atoms with Crippen molar-refractivity contribution in [3.05, 3.63) is 61.2 Å². The van der Waals surface area contributed by atoms with Gasteiger partial charge in [-0.05, 0) is 25.8 Å². The van der Waals surface area contributed by atoms with Crippen molar-refractivity contribution in [2.75, 3.05) is 0 Å². The molecule has 0 atom stereocenters. The van der Waals surface area contributed by atoms with Gasteiger partial charge in [-0.15, -0.1) is 19.7 Å². The van der Waals surface area contributed by atoms with Gasteiger partial charge in [0.15, 0.2) is 0 Å². The van der Waals surface area contributed by atoms with Crippen molar-refractivity contribution in [1.29, 1.82) is 0 Å². The highest BCUT2D eigenvalue weighted by Gasteiger charge is 1.79. The zero-order valence-electron chi connectivity index (χ0n) is 9.72. The smallest absolute Gasteiger partial charge is 0.0307 e. The van der Waals surface area contributed by atoms with E-state index in [1.54, 1.807) is 0 Å². The zero-order chi connectivity index (χ0) is 11.4. The number of hydrogen-bond acceptors (Lipinski definition) is 0. The van der Waals surface area contributed by atoms with E-state index in [0.717, 1.165) is 6.42 Å². The van der Waals surface area contributed by atoms with Gasteiger partial charge in [-0.25, -0.2) is 0 Å². The Morgan fingerprint density at radius 3 is 1.64 bits per heavy atom. The third-order valence-corrected chi connectivity index (χ3v) is 1.25. The molecule has 0 unspecified atom stereocenters. The molecular weight excluding hydrogens is 168 g/mol. The first-order chi connectivity index (χ1) is 6.66. The molecule has 0 aromatic heterocycles. The first-order valence-electron chi connectivity index (χ1n) is 4.82. The van der Waals surface area contributed by atoms with Crippen LogP contribution in [0.5, 0.6) is 0 Å². The maximum atomic E-state index is 3.56. The molecule has 0 fully saturated rings. The lowest BCUT2D eigenvalue weighted by atomic mass is 10.2. The SMILES string of the molecule is C=C.C=C(C)C.CCc1ccccc1. The first kappa shape index (κ1) is 15.2. The van der Waals surface area contributed by atoms with E-state index in [9.17, 15) is 0 Å². The molecule has 78 valence electrons. The second-order valence-electron chi connectivity index (χ2n) is 3.05. The van der Waals surface area contributed by atoms with Crippen LogP contribution in [-0.4, -0.2) is 0 Å². The molecular formula is C14H22. The second-order valence-corrected chi connectivity index (χ2v) is 3.05. The van der Waals surface area contributed by atoms with Crippen LogP contribution >= 0.6 is 0 Å². The summed E-state index contributed by atoms with van der Waals surface area (Å²) < 4.78 is 0. The first-order valence-corrected chi connectivity index (χ1v) is 4.82.